The summed E-state index contributed by atoms with van der Waals surface area (Å²) in [5.41, 5.74) is 3.89. The average molecular weight is 575 g/mol. The van der Waals surface area contributed by atoms with Gasteiger partial charge in [-0.15, -0.1) is 11.3 Å². The third kappa shape index (κ3) is 7.88. The molecule has 0 saturated heterocycles. The number of hydrogen-bond acceptors (Lipinski definition) is 6. The van der Waals surface area contributed by atoms with Gasteiger partial charge in [-0.05, 0) is 60.8 Å². The van der Waals surface area contributed by atoms with Crippen molar-refractivity contribution in [2.75, 3.05) is 0 Å². The minimum atomic E-state index is -1.15. The summed E-state index contributed by atoms with van der Waals surface area (Å²) in [6, 6.07) is 9.13. The summed E-state index contributed by atoms with van der Waals surface area (Å²) in [6.45, 7) is 9.87. The van der Waals surface area contributed by atoms with Gasteiger partial charge < -0.3 is 15.7 Å². The molecule has 2 heterocycles. The summed E-state index contributed by atoms with van der Waals surface area (Å²) < 4.78 is 0. The van der Waals surface area contributed by atoms with E-state index in [0.717, 1.165) is 34.4 Å². The largest absolute Gasteiger partial charge is 0.480 e. The first-order valence-electron chi connectivity index (χ1n) is 14.0. The van der Waals surface area contributed by atoms with Gasteiger partial charge in [-0.25, -0.2) is 9.97 Å². The molecule has 3 aromatic rings. The van der Waals surface area contributed by atoms with E-state index in [1.807, 2.05) is 42.7 Å². The fourth-order valence-corrected chi connectivity index (χ4v) is 5.54. The quantitative estimate of drug-likeness (QED) is 0.304. The summed E-state index contributed by atoms with van der Waals surface area (Å²) in [5, 5.41) is 14.6. The maximum absolute atomic E-state index is 13.1. The second-order valence-electron chi connectivity index (χ2n) is 11.8. The predicted molar refractivity (Wildman–Crippen MR) is 162 cm³/mol. The van der Waals surface area contributed by atoms with Crippen molar-refractivity contribution in [1.29, 1.82) is 0 Å². The Morgan fingerprint density at radius 2 is 1.71 bits per heavy atom. The molecule has 0 saturated carbocycles. The number of carbonyl (C=O) groups is 3. The fourth-order valence-electron chi connectivity index (χ4n) is 4.57. The van der Waals surface area contributed by atoms with Crippen molar-refractivity contribution in [1.82, 2.24) is 20.6 Å². The number of carbonyl (C=O) groups excluding carboxylic acids is 2. The third-order valence-corrected chi connectivity index (χ3v) is 8.78. The summed E-state index contributed by atoms with van der Waals surface area (Å²) in [7, 11) is 0. The van der Waals surface area contributed by atoms with Gasteiger partial charge in [0.1, 0.15) is 12.1 Å². The molecule has 4 rings (SSSR count). The van der Waals surface area contributed by atoms with Gasteiger partial charge in [0, 0.05) is 34.8 Å². The van der Waals surface area contributed by atoms with E-state index in [-0.39, 0.29) is 17.7 Å². The SMILES string of the molecule is CC1CC=C(c2cnc(-c3ccc(C[C@H](NC(=O)c4ccc(C(C)(C)C)s4)C(=O)N[C@H](C)C(=O)O)cc3)nc2)CC1. The van der Waals surface area contributed by atoms with Crippen LogP contribution in [0, 0.1) is 5.92 Å². The van der Waals surface area contributed by atoms with Crippen LogP contribution in [0.1, 0.15) is 79.6 Å². The second-order valence-corrected chi connectivity index (χ2v) is 12.9. The Kier molecular flexibility index (Phi) is 9.38. The monoisotopic (exact) mass is 574 g/mol. The molecule has 0 bridgehead atoms. The molecular weight excluding hydrogens is 536 g/mol. The minimum Gasteiger partial charge on any atom is -0.480 e. The first-order chi connectivity index (χ1) is 19.4. The number of benzene rings is 1. The molecule has 3 atom stereocenters. The van der Waals surface area contributed by atoms with E-state index in [1.54, 1.807) is 6.07 Å². The summed E-state index contributed by atoms with van der Waals surface area (Å²) >= 11 is 1.38. The molecular formula is C32H38N4O4S. The smallest absolute Gasteiger partial charge is 0.325 e. The highest BCUT2D eigenvalue weighted by Crippen LogP contribution is 2.30. The van der Waals surface area contributed by atoms with Crippen molar-refractivity contribution in [3.8, 4) is 11.4 Å². The maximum Gasteiger partial charge on any atom is 0.325 e. The van der Waals surface area contributed by atoms with Crippen molar-refractivity contribution < 1.29 is 19.5 Å². The molecule has 0 aliphatic heterocycles. The van der Waals surface area contributed by atoms with Gasteiger partial charge in [0.05, 0.1) is 4.88 Å². The molecule has 0 fully saturated rings. The van der Waals surface area contributed by atoms with Gasteiger partial charge in [-0.1, -0.05) is 58.0 Å². The zero-order chi connectivity index (χ0) is 29.7. The van der Waals surface area contributed by atoms with Crippen molar-refractivity contribution in [3.05, 3.63) is 75.7 Å². The zero-order valence-electron chi connectivity index (χ0n) is 24.2. The minimum absolute atomic E-state index is 0.103. The lowest BCUT2D eigenvalue weighted by molar-refractivity contribution is -0.141. The van der Waals surface area contributed by atoms with Gasteiger partial charge in [0.15, 0.2) is 5.82 Å². The molecule has 0 spiro atoms. The molecule has 8 nitrogen and oxygen atoms in total. The molecule has 1 aliphatic carbocycles. The van der Waals surface area contributed by atoms with Gasteiger partial charge in [0.2, 0.25) is 5.91 Å². The van der Waals surface area contributed by atoms with Gasteiger partial charge >= 0.3 is 5.97 Å². The number of aromatic nitrogens is 2. The van der Waals surface area contributed by atoms with Crippen LogP contribution < -0.4 is 10.6 Å². The molecule has 3 N–H and O–H groups in total. The highest BCUT2D eigenvalue weighted by Gasteiger charge is 2.26. The predicted octanol–water partition coefficient (Wildman–Crippen LogP) is 5.64. The molecule has 1 aliphatic rings. The number of carboxylic acid groups (broad SMARTS) is 1. The van der Waals surface area contributed by atoms with E-state index in [0.29, 0.717) is 16.6 Å². The molecule has 0 radical (unpaired) electrons. The van der Waals surface area contributed by atoms with Crippen LogP contribution in [0.5, 0.6) is 0 Å². The number of aliphatic carboxylic acids is 1. The molecule has 9 heteroatoms. The van der Waals surface area contributed by atoms with Gasteiger partial charge in [-0.3, -0.25) is 14.4 Å². The van der Waals surface area contributed by atoms with Crippen molar-refractivity contribution in [3.63, 3.8) is 0 Å². The molecule has 41 heavy (non-hydrogen) atoms. The zero-order valence-corrected chi connectivity index (χ0v) is 25.0. The number of allylic oxidation sites excluding steroid dienone is 2. The molecule has 216 valence electrons. The normalized spacial score (nSPS) is 16.8. The van der Waals surface area contributed by atoms with Crippen LogP contribution in [0.2, 0.25) is 0 Å². The van der Waals surface area contributed by atoms with Gasteiger partial charge in [0.25, 0.3) is 5.91 Å². The fraction of sp³-hybridized carbons (Fsp3) is 0.406. The number of carboxylic acids is 1. The van der Waals surface area contributed by atoms with E-state index < -0.39 is 24.0 Å². The summed E-state index contributed by atoms with van der Waals surface area (Å²) in [6.07, 6.45) is 9.51. The van der Waals surface area contributed by atoms with Crippen LogP contribution in [0.25, 0.3) is 17.0 Å². The first-order valence-corrected chi connectivity index (χ1v) is 14.8. The highest BCUT2D eigenvalue weighted by molar-refractivity contribution is 7.14. The van der Waals surface area contributed by atoms with Crippen LogP contribution in [-0.4, -0.2) is 44.9 Å². The Morgan fingerprint density at radius 3 is 2.27 bits per heavy atom. The number of hydrogen-bond donors (Lipinski definition) is 3. The lowest BCUT2D eigenvalue weighted by Gasteiger charge is -2.20. The van der Waals surface area contributed by atoms with Crippen LogP contribution in [0.15, 0.2) is 54.9 Å². The third-order valence-electron chi connectivity index (χ3n) is 7.27. The second kappa shape index (κ2) is 12.8. The Hall–Kier alpha value is -3.85. The Labute approximate surface area is 245 Å². The van der Waals surface area contributed by atoms with Crippen LogP contribution in [0.4, 0.5) is 0 Å². The van der Waals surface area contributed by atoms with E-state index in [4.69, 9.17) is 0 Å². The molecule has 1 unspecified atom stereocenters. The van der Waals surface area contributed by atoms with Crippen molar-refractivity contribution >= 4 is 34.7 Å². The van der Waals surface area contributed by atoms with Gasteiger partial charge in [-0.2, -0.15) is 0 Å². The van der Waals surface area contributed by atoms with Crippen molar-refractivity contribution in [2.45, 2.75) is 77.8 Å². The Morgan fingerprint density at radius 1 is 1.02 bits per heavy atom. The summed E-state index contributed by atoms with van der Waals surface area (Å²) in [4.78, 5) is 48.2. The van der Waals surface area contributed by atoms with Crippen molar-refractivity contribution in [2.24, 2.45) is 5.92 Å². The van der Waals surface area contributed by atoms with E-state index in [1.165, 1.54) is 30.3 Å². The lowest BCUT2D eigenvalue weighted by Crippen LogP contribution is -2.51. The average Bonchev–Trinajstić information content (AvgIpc) is 3.45. The van der Waals surface area contributed by atoms with E-state index >= 15 is 0 Å². The Balaban J connectivity index is 1.48. The van der Waals surface area contributed by atoms with E-state index in [9.17, 15) is 19.5 Å². The summed E-state index contributed by atoms with van der Waals surface area (Å²) in [5.74, 6) is -0.762. The highest BCUT2D eigenvalue weighted by atomic mass is 32.1. The molecule has 2 amide bonds. The molecule has 2 aromatic heterocycles. The Bertz CT molecular complexity index is 1420. The number of amides is 2. The number of nitrogens with one attached hydrogen (secondary N) is 2. The van der Waals surface area contributed by atoms with Crippen LogP contribution >= 0.6 is 11.3 Å². The number of nitrogens with zero attached hydrogens (tertiary/aromatic N) is 2. The maximum atomic E-state index is 13.1. The topological polar surface area (TPSA) is 121 Å². The number of rotatable bonds is 9. The van der Waals surface area contributed by atoms with E-state index in [2.05, 4.69) is 54.4 Å². The van der Waals surface area contributed by atoms with Crippen LogP contribution in [-0.2, 0) is 21.4 Å². The lowest BCUT2D eigenvalue weighted by atomic mass is 9.89. The molecule has 1 aromatic carbocycles. The van der Waals surface area contributed by atoms with Crippen LogP contribution in [0.3, 0.4) is 0 Å². The standard InChI is InChI=1S/C32H38N4O4S/c1-19-6-10-22(11-7-19)24-17-33-28(34-18-24)23-12-8-21(9-13-23)16-25(29(37)35-20(2)31(39)40)36-30(38)26-14-15-27(41-26)32(3,4)5/h8-10,12-15,17-20,25H,6-7,11,16H2,1-5H3,(H,35,37)(H,36,38)(H,39,40)/t19?,20-,25+/m1/s1. The number of thiophene rings is 1. The first kappa shape index (κ1) is 30.1.